The van der Waals surface area contributed by atoms with Crippen molar-refractivity contribution in [1.29, 1.82) is 0 Å². The molecule has 3 aliphatic rings. The van der Waals surface area contributed by atoms with E-state index in [4.69, 9.17) is 4.42 Å². The highest BCUT2D eigenvalue weighted by molar-refractivity contribution is 5.43. The number of nitrogens with zero attached hydrogens (tertiary/aromatic N) is 7. The van der Waals surface area contributed by atoms with Gasteiger partial charge in [0.25, 0.3) is 5.56 Å². The van der Waals surface area contributed by atoms with Gasteiger partial charge in [-0.3, -0.25) is 9.69 Å². The Morgan fingerprint density at radius 1 is 1.07 bits per heavy atom. The zero-order valence-electron chi connectivity index (χ0n) is 17.7. The molecule has 2 aliphatic heterocycles. The maximum atomic E-state index is 12.8. The van der Waals surface area contributed by atoms with Crippen LogP contribution in [0, 0.1) is 0 Å². The van der Waals surface area contributed by atoms with Crippen molar-refractivity contribution in [3.8, 4) is 0 Å². The third-order valence-electron chi connectivity index (χ3n) is 6.80. The van der Waals surface area contributed by atoms with E-state index in [1.54, 1.807) is 10.7 Å². The summed E-state index contributed by atoms with van der Waals surface area (Å²) < 4.78 is 7.55. The molecule has 0 unspecified atom stereocenters. The normalized spacial score (nSPS) is 24.2. The molecule has 0 aromatic carbocycles. The Hall–Kier alpha value is -2.26. The van der Waals surface area contributed by atoms with Gasteiger partial charge in [0, 0.05) is 44.7 Å². The van der Waals surface area contributed by atoms with Gasteiger partial charge in [0.15, 0.2) is 0 Å². The highest BCUT2D eigenvalue weighted by Crippen LogP contribution is 2.35. The minimum Gasteiger partial charge on any atom is -0.424 e. The summed E-state index contributed by atoms with van der Waals surface area (Å²) in [6.07, 6.45) is 7.43. The highest BCUT2D eigenvalue weighted by Gasteiger charge is 2.27. The van der Waals surface area contributed by atoms with E-state index in [1.165, 1.54) is 6.42 Å². The molecule has 2 aromatic rings. The molecule has 0 radical (unpaired) electrons. The molecule has 5 rings (SSSR count). The van der Waals surface area contributed by atoms with Crippen LogP contribution >= 0.6 is 0 Å². The standard InChI is InChI=1S/C21H31N7O2/c1-25-8-10-27(11-9-25)18-12-20(29)28(22-13-18)17-6-3-7-26(14-17)15-19-23-24-21(30-19)16-4-2-5-16/h12-13,16-17H,2-11,14-15H2,1H3/t17-/m1/s1. The SMILES string of the molecule is CN1CCN(c2cnn([C@@H]3CCCN(Cc4nnc(C5CCC5)o4)C3)c(=O)c2)CC1. The van der Waals surface area contributed by atoms with Crippen molar-refractivity contribution >= 4 is 5.69 Å². The number of likely N-dealkylation sites (N-methyl/N-ethyl adjacent to an activating group) is 1. The Bertz CT molecular complexity index is 914. The highest BCUT2D eigenvalue weighted by atomic mass is 16.4. The summed E-state index contributed by atoms with van der Waals surface area (Å²) in [6.45, 7) is 6.30. The maximum absolute atomic E-state index is 12.8. The monoisotopic (exact) mass is 413 g/mol. The second kappa shape index (κ2) is 8.47. The van der Waals surface area contributed by atoms with Gasteiger partial charge in [-0.05, 0) is 39.3 Å². The van der Waals surface area contributed by atoms with E-state index in [9.17, 15) is 4.79 Å². The first-order valence-electron chi connectivity index (χ1n) is 11.2. The van der Waals surface area contributed by atoms with E-state index < -0.39 is 0 Å². The Labute approximate surface area is 176 Å². The van der Waals surface area contributed by atoms with Gasteiger partial charge in [0.1, 0.15) is 0 Å². The average molecular weight is 414 g/mol. The van der Waals surface area contributed by atoms with E-state index in [2.05, 4.69) is 37.0 Å². The molecule has 9 nitrogen and oxygen atoms in total. The molecule has 30 heavy (non-hydrogen) atoms. The van der Waals surface area contributed by atoms with Crippen LogP contribution in [-0.2, 0) is 6.54 Å². The van der Waals surface area contributed by atoms with Crippen LogP contribution in [-0.4, -0.2) is 76.1 Å². The fourth-order valence-electron chi connectivity index (χ4n) is 4.64. The summed E-state index contributed by atoms with van der Waals surface area (Å²) in [5.74, 6) is 1.94. The summed E-state index contributed by atoms with van der Waals surface area (Å²) in [5, 5.41) is 13.0. The Morgan fingerprint density at radius 2 is 1.90 bits per heavy atom. The van der Waals surface area contributed by atoms with Gasteiger partial charge in [-0.25, -0.2) is 4.68 Å². The smallest absolute Gasteiger partial charge is 0.269 e. The number of aromatic nitrogens is 4. The molecular weight excluding hydrogens is 382 g/mol. The number of likely N-dealkylation sites (tertiary alicyclic amines) is 1. The number of hydrogen-bond donors (Lipinski definition) is 0. The Balaban J connectivity index is 1.23. The molecule has 1 saturated carbocycles. The molecule has 2 saturated heterocycles. The van der Waals surface area contributed by atoms with Gasteiger partial charge >= 0.3 is 0 Å². The quantitative estimate of drug-likeness (QED) is 0.729. The van der Waals surface area contributed by atoms with Gasteiger partial charge in [-0.1, -0.05) is 6.42 Å². The number of anilines is 1. The number of hydrogen-bond acceptors (Lipinski definition) is 8. The predicted octanol–water partition coefficient (Wildman–Crippen LogP) is 1.48. The third-order valence-corrected chi connectivity index (χ3v) is 6.80. The molecule has 9 heteroatoms. The lowest BCUT2D eigenvalue weighted by atomic mass is 9.85. The molecule has 0 amide bonds. The van der Waals surface area contributed by atoms with Crippen LogP contribution in [0.2, 0.25) is 0 Å². The van der Waals surface area contributed by atoms with E-state index in [0.29, 0.717) is 18.4 Å². The number of rotatable bonds is 5. The van der Waals surface area contributed by atoms with Crippen LogP contribution in [0.15, 0.2) is 21.5 Å². The number of piperidine rings is 1. The van der Waals surface area contributed by atoms with Crippen molar-refractivity contribution < 1.29 is 4.42 Å². The van der Waals surface area contributed by atoms with Crippen LogP contribution in [0.4, 0.5) is 5.69 Å². The Kier molecular flexibility index (Phi) is 5.56. The van der Waals surface area contributed by atoms with Crippen LogP contribution in [0.3, 0.4) is 0 Å². The van der Waals surface area contributed by atoms with Crippen LogP contribution in [0.25, 0.3) is 0 Å². The van der Waals surface area contributed by atoms with Gasteiger partial charge in [0.2, 0.25) is 11.8 Å². The lowest BCUT2D eigenvalue weighted by Gasteiger charge is -2.34. The minimum absolute atomic E-state index is 0.0108. The first kappa shape index (κ1) is 19.7. The molecule has 0 bridgehead atoms. The van der Waals surface area contributed by atoms with Gasteiger partial charge < -0.3 is 14.2 Å². The van der Waals surface area contributed by atoms with E-state index >= 15 is 0 Å². The molecule has 0 spiro atoms. The van der Waals surface area contributed by atoms with E-state index in [1.807, 2.05) is 6.20 Å². The minimum atomic E-state index is -0.0108. The van der Waals surface area contributed by atoms with Crippen molar-refractivity contribution in [3.05, 3.63) is 34.4 Å². The largest absolute Gasteiger partial charge is 0.424 e. The number of piperazine rings is 1. The first-order valence-corrected chi connectivity index (χ1v) is 11.2. The maximum Gasteiger partial charge on any atom is 0.269 e. The summed E-state index contributed by atoms with van der Waals surface area (Å²) in [7, 11) is 2.13. The fraction of sp³-hybridized carbons (Fsp3) is 0.714. The molecule has 2 aromatic heterocycles. The molecule has 4 heterocycles. The van der Waals surface area contributed by atoms with Gasteiger partial charge in [-0.2, -0.15) is 5.10 Å². The van der Waals surface area contributed by atoms with Crippen LogP contribution in [0.5, 0.6) is 0 Å². The lowest BCUT2D eigenvalue weighted by molar-refractivity contribution is 0.146. The summed E-state index contributed by atoms with van der Waals surface area (Å²) in [4.78, 5) is 19.7. The van der Waals surface area contributed by atoms with E-state index in [-0.39, 0.29) is 11.6 Å². The average Bonchev–Trinajstić information content (AvgIpc) is 3.15. The third kappa shape index (κ3) is 4.13. The van der Waals surface area contributed by atoms with Crippen molar-refractivity contribution in [3.63, 3.8) is 0 Å². The molecule has 0 N–H and O–H groups in total. The van der Waals surface area contributed by atoms with Crippen LogP contribution in [0.1, 0.15) is 55.8 Å². The molecular formula is C21H31N7O2. The molecule has 162 valence electrons. The van der Waals surface area contributed by atoms with Crippen molar-refractivity contribution in [2.45, 2.75) is 50.6 Å². The zero-order chi connectivity index (χ0) is 20.5. The van der Waals surface area contributed by atoms with Gasteiger partial charge in [0.05, 0.1) is 24.5 Å². The Morgan fingerprint density at radius 3 is 2.63 bits per heavy atom. The second-order valence-electron chi connectivity index (χ2n) is 8.98. The first-order chi connectivity index (χ1) is 14.7. The fourth-order valence-corrected chi connectivity index (χ4v) is 4.64. The second-order valence-corrected chi connectivity index (χ2v) is 8.98. The molecule has 1 aliphatic carbocycles. The van der Waals surface area contributed by atoms with Crippen molar-refractivity contribution in [2.75, 3.05) is 51.2 Å². The predicted molar refractivity (Wildman–Crippen MR) is 113 cm³/mol. The van der Waals surface area contributed by atoms with E-state index in [0.717, 1.165) is 76.5 Å². The van der Waals surface area contributed by atoms with Gasteiger partial charge in [-0.15, -0.1) is 10.2 Å². The molecule has 1 atom stereocenters. The summed E-state index contributed by atoms with van der Waals surface area (Å²) >= 11 is 0. The lowest BCUT2D eigenvalue weighted by Crippen LogP contribution is -2.45. The topological polar surface area (TPSA) is 83.5 Å². The zero-order valence-corrected chi connectivity index (χ0v) is 17.7. The molecule has 3 fully saturated rings. The van der Waals surface area contributed by atoms with Crippen molar-refractivity contribution in [2.24, 2.45) is 0 Å². The van der Waals surface area contributed by atoms with Crippen LogP contribution < -0.4 is 10.5 Å². The summed E-state index contributed by atoms with van der Waals surface area (Å²) in [5.41, 5.74) is 0.926. The summed E-state index contributed by atoms with van der Waals surface area (Å²) in [6, 6.07) is 1.84. The van der Waals surface area contributed by atoms with Crippen molar-refractivity contribution in [1.82, 2.24) is 29.8 Å².